The van der Waals surface area contributed by atoms with Gasteiger partial charge in [-0.25, -0.2) is 0 Å². The van der Waals surface area contributed by atoms with Crippen LogP contribution in [0.2, 0.25) is 0 Å². The minimum absolute atomic E-state index is 0.0255. The van der Waals surface area contributed by atoms with Crippen molar-refractivity contribution in [2.24, 2.45) is 5.92 Å². The first-order valence-electron chi connectivity index (χ1n) is 5.42. The number of hydrogen-bond acceptors (Lipinski definition) is 3. The lowest BCUT2D eigenvalue weighted by molar-refractivity contribution is -0.144. The van der Waals surface area contributed by atoms with Crippen LogP contribution in [0.3, 0.4) is 0 Å². The maximum Gasteiger partial charge on any atom is 0.308 e. The van der Waals surface area contributed by atoms with Gasteiger partial charge in [0.1, 0.15) is 0 Å². The quantitative estimate of drug-likeness (QED) is 0.861. The van der Waals surface area contributed by atoms with Crippen molar-refractivity contribution < 1.29 is 9.90 Å². The summed E-state index contributed by atoms with van der Waals surface area (Å²) >= 11 is 1.64. The smallest absolute Gasteiger partial charge is 0.308 e. The van der Waals surface area contributed by atoms with Crippen LogP contribution in [0.25, 0.3) is 0 Å². The fraction of sp³-hybridized carbons (Fsp3) is 0.583. The topological polar surface area (TPSA) is 40.5 Å². The van der Waals surface area contributed by atoms with E-state index in [2.05, 4.69) is 0 Å². The minimum Gasteiger partial charge on any atom is -0.481 e. The van der Waals surface area contributed by atoms with Crippen LogP contribution in [0.5, 0.6) is 0 Å². The third-order valence-electron chi connectivity index (χ3n) is 2.86. The summed E-state index contributed by atoms with van der Waals surface area (Å²) in [6.45, 7) is 3.97. The normalized spacial score (nSPS) is 15.1. The molecular formula is C12H19NO2S. The van der Waals surface area contributed by atoms with Gasteiger partial charge in [0.2, 0.25) is 0 Å². The molecule has 90 valence electrons. The highest BCUT2D eigenvalue weighted by atomic mass is 32.1. The second kappa shape index (κ2) is 5.46. The van der Waals surface area contributed by atoms with Gasteiger partial charge in [-0.2, -0.15) is 0 Å². The molecule has 1 aromatic rings. The molecule has 3 nitrogen and oxygen atoms in total. The van der Waals surface area contributed by atoms with Crippen LogP contribution in [0, 0.1) is 12.8 Å². The third-order valence-corrected chi connectivity index (χ3v) is 3.95. The van der Waals surface area contributed by atoms with E-state index in [0.717, 1.165) is 0 Å². The van der Waals surface area contributed by atoms with Gasteiger partial charge in [-0.05, 0) is 44.4 Å². The molecule has 0 bridgehead atoms. The SMILES string of the molecule is CCC(C(=O)O)C(c1sccc1C)N(C)C. The van der Waals surface area contributed by atoms with Gasteiger partial charge in [0.15, 0.2) is 0 Å². The molecule has 1 heterocycles. The van der Waals surface area contributed by atoms with Gasteiger partial charge in [-0.1, -0.05) is 6.92 Å². The summed E-state index contributed by atoms with van der Waals surface area (Å²) in [4.78, 5) is 14.4. The predicted molar refractivity (Wildman–Crippen MR) is 66.9 cm³/mol. The fourth-order valence-electron chi connectivity index (χ4n) is 2.00. The Balaban J connectivity index is 3.09. The van der Waals surface area contributed by atoms with Crippen molar-refractivity contribution >= 4 is 17.3 Å². The van der Waals surface area contributed by atoms with Gasteiger partial charge in [0.05, 0.1) is 12.0 Å². The first-order valence-corrected chi connectivity index (χ1v) is 6.30. The lowest BCUT2D eigenvalue weighted by Crippen LogP contribution is -2.31. The van der Waals surface area contributed by atoms with Crippen molar-refractivity contribution in [3.05, 3.63) is 21.9 Å². The number of aryl methyl sites for hydroxylation is 1. The van der Waals surface area contributed by atoms with E-state index in [1.165, 1.54) is 10.4 Å². The van der Waals surface area contributed by atoms with Gasteiger partial charge in [-0.3, -0.25) is 4.79 Å². The molecule has 16 heavy (non-hydrogen) atoms. The first kappa shape index (κ1) is 13.2. The molecule has 4 heteroatoms. The highest BCUT2D eigenvalue weighted by Gasteiger charge is 2.31. The summed E-state index contributed by atoms with van der Waals surface area (Å²) in [7, 11) is 3.88. The predicted octanol–water partition coefficient (Wildman–Crippen LogP) is 2.77. The van der Waals surface area contributed by atoms with Crippen molar-refractivity contribution in [3.63, 3.8) is 0 Å². The standard InChI is InChI=1S/C12H19NO2S/c1-5-9(12(14)15)10(13(3)4)11-8(2)6-7-16-11/h6-7,9-10H,5H2,1-4H3,(H,14,15). The second-order valence-electron chi connectivity index (χ2n) is 4.23. The van der Waals surface area contributed by atoms with E-state index in [0.29, 0.717) is 6.42 Å². The van der Waals surface area contributed by atoms with Crippen LogP contribution in [0.4, 0.5) is 0 Å². The molecule has 0 aliphatic carbocycles. The van der Waals surface area contributed by atoms with Gasteiger partial charge in [0.25, 0.3) is 0 Å². The molecule has 1 rings (SSSR count). The fourth-order valence-corrected chi connectivity index (χ4v) is 3.18. The van der Waals surface area contributed by atoms with E-state index in [-0.39, 0.29) is 12.0 Å². The zero-order valence-corrected chi connectivity index (χ0v) is 11.0. The van der Waals surface area contributed by atoms with Gasteiger partial charge >= 0.3 is 5.97 Å². The molecule has 0 radical (unpaired) electrons. The Bertz CT molecular complexity index is 360. The molecule has 0 aromatic carbocycles. The molecule has 1 aromatic heterocycles. The summed E-state index contributed by atoms with van der Waals surface area (Å²) in [5.41, 5.74) is 1.18. The van der Waals surface area contributed by atoms with E-state index in [1.807, 2.05) is 44.3 Å². The van der Waals surface area contributed by atoms with Crippen molar-refractivity contribution in [2.75, 3.05) is 14.1 Å². The number of nitrogens with zero attached hydrogens (tertiary/aromatic N) is 1. The number of carbonyl (C=O) groups is 1. The average Bonchev–Trinajstić information content (AvgIpc) is 2.59. The number of aliphatic carboxylic acids is 1. The zero-order chi connectivity index (χ0) is 12.3. The Morgan fingerprint density at radius 3 is 2.50 bits per heavy atom. The average molecular weight is 241 g/mol. The third kappa shape index (κ3) is 2.62. The monoisotopic (exact) mass is 241 g/mol. The molecule has 0 saturated carbocycles. The number of carboxylic acids is 1. The number of hydrogen-bond donors (Lipinski definition) is 1. The highest BCUT2D eigenvalue weighted by molar-refractivity contribution is 7.10. The second-order valence-corrected chi connectivity index (χ2v) is 5.18. The van der Waals surface area contributed by atoms with Crippen molar-refractivity contribution in [1.29, 1.82) is 0 Å². The van der Waals surface area contributed by atoms with E-state index in [1.54, 1.807) is 11.3 Å². The van der Waals surface area contributed by atoms with Crippen LogP contribution in [-0.4, -0.2) is 30.1 Å². The lowest BCUT2D eigenvalue weighted by atomic mass is 9.93. The molecule has 0 fully saturated rings. The van der Waals surface area contributed by atoms with Crippen LogP contribution in [-0.2, 0) is 4.79 Å². The number of carboxylic acid groups (broad SMARTS) is 1. The van der Waals surface area contributed by atoms with Crippen molar-refractivity contribution in [1.82, 2.24) is 4.90 Å². The molecule has 0 amide bonds. The molecule has 0 saturated heterocycles. The molecule has 0 spiro atoms. The Kier molecular flexibility index (Phi) is 4.50. The van der Waals surface area contributed by atoms with E-state index in [9.17, 15) is 9.90 Å². The molecule has 0 aliphatic rings. The van der Waals surface area contributed by atoms with Crippen LogP contribution in [0.1, 0.15) is 29.8 Å². The van der Waals surface area contributed by atoms with Crippen LogP contribution >= 0.6 is 11.3 Å². The number of rotatable bonds is 5. The largest absolute Gasteiger partial charge is 0.481 e. The Morgan fingerprint density at radius 2 is 2.19 bits per heavy atom. The van der Waals surface area contributed by atoms with E-state index in [4.69, 9.17) is 0 Å². The first-order chi connectivity index (χ1) is 7.49. The van der Waals surface area contributed by atoms with Gasteiger partial charge < -0.3 is 10.0 Å². The minimum atomic E-state index is -0.714. The lowest BCUT2D eigenvalue weighted by Gasteiger charge is -2.29. The van der Waals surface area contributed by atoms with Gasteiger partial charge in [0, 0.05) is 4.88 Å². The van der Waals surface area contributed by atoms with Gasteiger partial charge in [-0.15, -0.1) is 11.3 Å². The summed E-state index contributed by atoms with van der Waals surface area (Å²) in [6.07, 6.45) is 0.648. The summed E-state index contributed by atoms with van der Waals surface area (Å²) in [5, 5.41) is 11.3. The highest BCUT2D eigenvalue weighted by Crippen LogP contribution is 2.34. The summed E-state index contributed by atoms with van der Waals surface area (Å²) in [5.74, 6) is -1.05. The van der Waals surface area contributed by atoms with Crippen molar-refractivity contribution in [2.45, 2.75) is 26.3 Å². The Hall–Kier alpha value is -0.870. The zero-order valence-electron chi connectivity index (χ0n) is 10.2. The molecular weight excluding hydrogens is 222 g/mol. The van der Waals surface area contributed by atoms with E-state index >= 15 is 0 Å². The van der Waals surface area contributed by atoms with Crippen LogP contribution in [0.15, 0.2) is 11.4 Å². The Morgan fingerprint density at radius 1 is 1.56 bits per heavy atom. The maximum atomic E-state index is 11.3. The number of thiophene rings is 1. The molecule has 0 aliphatic heterocycles. The summed E-state index contributed by atoms with van der Waals surface area (Å²) in [6, 6.07) is 2.02. The molecule has 2 atom stereocenters. The van der Waals surface area contributed by atoms with Crippen molar-refractivity contribution in [3.8, 4) is 0 Å². The maximum absolute atomic E-state index is 11.3. The molecule has 2 unspecified atom stereocenters. The Labute approximate surface area is 101 Å². The molecule has 1 N–H and O–H groups in total. The van der Waals surface area contributed by atoms with Crippen LogP contribution < -0.4 is 0 Å². The summed E-state index contributed by atoms with van der Waals surface area (Å²) < 4.78 is 0. The van der Waals surface area contributed by atoms with E-state index < -0.39 is 5.97 Å².